The third-order valence-electron chi connectivity index (χ3n) is 6.54. The van der Waals surface area contributed by atoms with Crippen molar-refractivity contribution in [2.24, 2.45) is 0 Å². The van der Waals surface area contributed by atoms with Gasteiger partial charge in [0.2, 0.25) is 0 Å². The molecule has 0 bridgehead atoms. The van der Waals surface area contributed by atoms with Crippen molar-refractivity contribution in [3.05, 3.63) is 46.1 Å². The van der Waals surface area contributed by atoms with Crippen LogP contribution >= 0.6 is 0 Å². The first-order chi connectivity index (χ1) is 12.7. The largest absolute Gasteiger partial charge is 0.136 e. The average Bonchev–Trinajstić information content (AvgIpc) is 2.60. The Labute approximate surface area is 180 Å². The summed E-state index contributed by atoms with van der Waals surface area (Å²) in [6.07, 6.45) is 0. The Hall–Kier alpha value is -0.392. The predicted octanol–water partition coefficient (Wildman–Crippen LogP) is 7.86. The van der Waals surface area contributed by atoms with Gasteiger partial charge in [-0.1, -0.05) is 132 Å². The van der Waals surface area contributed by atoms with Crippen molar-refractivity contribution in [1.82, 2.24) is 0 Å². The topological polar surface area (TPSA) is 0 Å². The lowest BCUT2D eigenvalue weighted by Crippen LogP contribution is -2.47. The summed E-state index contributed by atoms with van der Waals surface area (Å²) in [6.45, 7) is 27.8. The first-order valence-electron chi connectivity index (χ1n) is 11.3. The highest BCUT2D eigenvalue weighted by atomic mass is 28.4. The molecule has 0 unspecified atom stereocenters. The third-order valence-corrected chi connectivity index (χ3v) is 22.6. The standard InChI is InChI=1S/C24H46Si4/c1-12-28(13-2,14-3)24(26(7,8)9)20-23(21-25(4,5)6)27(10,11)22-18-16-15-17-19-22/h15-19H,12-14,21H2,1-11H3. The van der Waals surface area contributed by atoms with Gasteiger partial charge in [0.15, 0.2) is 0 Å². The van der Waals surface area contributed by atoms with Gasteiger partial charge in [0.25, 0.3) is 0 Å². The maximum atomic E-state index is 4.34. The number of hydrogen-bond acceptors (Lipinski definition) is 0. The monoisotopic (exact) mass is 446 g/mol. The summed E-state index contributed by atoms with van der Waals surface area (Å²) in [7, 11) is -5.77. The number of hydrogen-bond donors (Lipinski definition) is 0. The van der Waals surface area contributed by atoms with Gasteiger partial charge in [0, 0.05) is 8.07 Å². The van der Waals surface area contributed by atoms with Crippen molar-refractivity contribution < 1.29 is 0 Å². The minimum Gasteiger partial charge on any atom is -0.136 e. The Morgan fingerprint density at radius 3 is 1.57 bits per heavy atom. The molecule has 0 saturated carbocycles. The summed E-state index contributed by atoms with van der Waals surface area (Å²) in [5.41, 5.74) is 4.34. The van der Waals surface area contributed by atoms with Crippen LogP contribution in [0.1, 0.15) is 20.8 Å². The molecule has 1 aromatic carbocycles. The molecule has 0 fully saturated rings. The van der Waals surface area contributed by atoms with Crippen LogP contribution in [-0.4, -0.2) is 32.3 Å². The van der Waals surface area contributed by atoms with E-state index in [1.165, 1.54) is 24.2 Å². The second-order valence-electron chi connectivity index (χ2n) is 11.3. The first-order valence-corrected chi connectivity index (χ1v) is 24.1. The molecule has 158 valence electrons. The fourth-order valence-corrected chi connectivity index (χ4v) is 22.6. The SMILES string of the molecule is CC[Si](CC)(CC)C(=C=C(C[Si](C)(C)C)[Si](C)(C)c1ccccc1)[Si](C)(C)C. The zero-order valence-electron chi connectivity index (χ0n) is 20.7. The van der Waals surface area contributed by atoms with Crippen molar-refractivity contribution in [3.8, 4) is 0 Å². The maximum Gasteiger partial charge on any atom is 0.116 e. The third kappa shape index (κ3) is 6.30. The van der Waals surface area contributed by atoms with Gasteiger partial charge in [-0.3, -0.25) is 0 Å². The van der Waals surface area contributed by atoms with Gasteiger partial charge >= 0.3 is 0 Å². The van der Waals surface area contributed by atoms with Crippen LogP contribution in [0.3, 0.4) is 0 Å². The van der Waals surface area contributed by atoms with Crippen molar-refractivity contribution in [1.29, 1.82) is 0 Å². The molecule has 0 aliphatic carbocycles. The Balaban J connectivity index is 3.93. The maximum absolute atomic E-state index is 4.34. The minimum atomic E-state index is -1.71. The van der Waals surface area contributed by atoms with E-state index in [2.05, 4.69) is 109 Å². The van der Waals surface area contributed by atoms with Crippen LogP contribution in [0.2, 0.25) is 76.6 Å². The van der Waals surface area contributed by atoms with E-state index in [4.69, 9.17) is 0 Å². The molecular weight excluding hydrogens is 401 g/mol. The molecule has 0 aliphatic rings. The van der Waals surface area contributed by atoms with Crippen LogP contribution in [0, 0.1) is 0 Å². The lowest BCUT2D eigenvalue weighted by atomic mass is 10.4. The van der Waals surface area contributed by atoms with Crippen molar-refractivity contribution >= 4 is 37.5 Å². The van der Waals surface area contributed by atoms with Crippen molar-refractivity contribution in [2.75, 3.05) is 0 Å². The first kappa shape index (κ1) is 25.6. The lowest BCUT2D eigenvalue weighted by molar-refractivity contribution is 1.18. The van der Waals surface area contributed by atoms with Gasteiger partial charge in [0.05, 0.1) is 16.1 Å². The summed E-state index contributed by atoms with van der Waals surface area (Å²) in [5.74, 6) is 0. The quantitative estimate of drug-likeness (QED) is 0.267. The predicted molar refractivity (Wildman–Crippen MR) is 143 cm³/mol. The molecule has 0 spiro atoms. The van der Waals surface area contributed by atoms with E-state index in [1.54, 1.807) is 10.4 Å². The van der Waals surface area contributed by atoms with Crippen LogP contribution < -0.4 is 5.19 Å². The van der Waals surface area contributed by atoms with Crippen molar-refractivity contribution in [2.45, 2.75) is 97.3 Å². The second-order valence-corrected chi connectivity index (χ2v) is 31.9. The summed E-state index contributed by atoms with van der Waals surface area (Å²) < 4.78 is 0. The smallest absolute Gasteiger partial charge is 0.116 e. The second kappa shape index (κ2) is 9.61. The van der Waals surface area contributed by atoms with Crippen LogP contribution in [0.15, 0.2) is 46.1 Å². The molecule has 0 heterocycles. The van der Waals surface area contributed by atoms with Crippen LogP contribution in [-0.2, 0) is 0 Å². The van der Waals surface area contributed by atoms with Crippen LogP contribution in [0.4, 0.5) is 0 Å². The number of rotatable bonds is 9. The minimum absolute atomic E-state index is 1.23. The molecule has 0 saturated heterocycles. The highest BCUT2D eigenvalue weighted by molar-refractivity contribution is 7.06. The van der Waals surface area contributed by atoms with E-state index in [0.29, 0.717) is 0 Å². The zero-order valence-corrected chi connectivity index (χ0v) is 24.7. The molecule has 1 aromatic rings. The number of benzene rings is 1. The zero-order chi connectivity index (χ0) is 21.8. The highest BCUT2D eigenvalue weighted by Gasteiger charge is 2.40. The molecule has 0 nitrogen and oxygen atoms in total. The van der Waals surface area contributed by atoms with E-state index < -0.39 is 32.3 Å². The summed E-state index contributed by atoms with van der Waals surface area (Å²) in [6, 6.07) is 16.8. The van der Waals surface area contributed by atoms with E-state index >= 15 is 0 Å². The van der Waals surface area contributed by atoms with Gasteiger partial charge in [0.1, 0.15) is 8.07 Å². The number of allylic oxidation sites excluding steroid dienone is 1. The Kier molecular flexibility index (Phi) is 8.80. The summed E-state index contributed by atoms with van der Waals surface area (Å²) >= 11 is 0. The summed E-state index contributed by atoms with van der Waals surface area (Å²) in [4.78, 5) is 1.84. The molecule has 0 N–H and O–H groups in total. The fraction of sp³-hybridized carbons (Fsp3) is 0.625. The molecule has 0 aromatic heterocycles. The van der Waals surface area contributed by atoms with E-state index in [9.17, 15) is 0 Å². The van der Waals surface area contributed by atoms with E-state index in [1.807, 2.05) is 4.82 Å². The molecule has 28 heavy (non-hydrogen) atoms. The normalized spacial score (nSPS) is 13.2. The molecule has 4 heteroatoms. The lowest BCUT2D eigenvalue weighted by Gasteiger charge is -2.38. The summed E-state index contributed by atoms with van der Waals surface area (Å²) in [5, 5.41) is 3.28. The molecule has 1 rings (SSSR count). The van der Waals surface area contributed by atoms with Crippen LogP contribution in [0.25, 0.3) is 0 Å². The molecule has 0 atom stereocenters. The highest BCUT2D eigenvalue weighted by Crippen LogP contribution is 2.36. The van der Waals surface area contributed by atoms with E-state index in [0.717, 1.165) is 0 Å². The fourth-order valence-electron chi connectivity index (χ4n) is 4.53. The van der Waals surface area contributed by atoms with Crippen LogP contribution in [0.5, 0.6) is 0 Å². The van der Waals surface area contributed by atoms with E-state index in [-0.39, 0.29) is 0 Å². The Bertz CT molecular complexity index is 684. The molecule has 0 amide bonds. The van der Waals surface area contributed by atoms with Gasteiger partial charge in [-0.2, -0.15) is 0 Å². The Morgan fingerprint density at radius 1 is 0.750 bits per heavy atom. The average molecular weight is 447 g/mol. The van der Waals surface area contributed by atoms with Gasteiger partial charge < -0.3 is 0 Å². The molecule has 0 radical (unpaired) electrons. The van der Waals surface area contributed by atoms with Gasteiger partial charge in [-0.25, -0.2) is 0 Å². The van der Waals surface area contributed by atoms with Gasteiger partial charge in [-0.05, 0) is 11.2 Å². The molecule has 0 aliphatic heterocycles. The van der Waals surface area contributed by atoms with Crippen molar-refractivity contribution in [3.63, 3.8) is 0 Å². The Morgan fingerprint density at radius 2 is 1.21 bits per heavy atom. The van der Waals surface area contributed by atoms with Gasteiger partial charge in [-0.15, -0.1) is 5.73 Å². The molecular formula is C24H46Si4.